The normalized spacial score (nSPS) is 19.1. The third-order valence-corrected chi connectivity index (χ3v) is 3.71. The lowest BCUT2D eigenvalue weighted by molar-refractivity contribution is 0.0106. The average Bonchev–Trinajstić information content (AvgIpc) is 2.88. The van der Waals surface area contributed by atoms with Gasteiger partial charge in [-0.25, -0.2) is 0 Å². The average molecular weight is 273 g/mol. The predicted octanol–water partition coefficient (Wildman–Crippen LogP) is 2.82. The van der Waals surface area contributed by atoms with Crippen molar-refractivity contribution in [3.63, 3.8) is 0 Å². The molecule has 2 aromatic heterocycles. The number of aromatic nitrogens is 2. The number of hydrogen-bond acceptors (Lipinski definition) is 5. The third-order valence-electron chi connectivity index (χ3n) is 3.71. The molecule has 0 aromatic carbocycles. The summed E-state index contributed by atoms with van der Waals surface area (Å²) < 4.78 is 11.1. The maximum Gasteiger partial charge on any atom is 0.175 e. The van der Waals surface area contributed by atoms with Gasteiger partial charge in [-0.05, 0) is 31.7 Å². The van der Waals surface area contributed by atoms with Gasteiger partial charge in [-0.2, -0.15) is 0 Å². The second kappa shape index (κ2) is 6.05. The molecule has 1 unspecified atom stereocenters. The number of hydrogen-bond donors (Lipinski definition) is 1. The Kier molecular flexibility index (Phi) is 3.97. The van der Waals surface area contributed by atoms with Gasteiger partial charge in [0.05, 0.1) is 11.7 Å². The Labute approximate surface area is 118 Å². The van der Waals surface area contributed by atoms with Crippen LogP contribution in [-0.2, 0) is 11.2 Å². The van der Waals surface area contributed by atoms with Gasteiger partial charge < -0.3 is 15.0 Å². The fourth-order valence-corrected chi connectivity index (χ4v) is 2.66. The molecule has 5 nitrogen and oxygen atoms in total. The van der Waals surface area contributed by atoms with Crippen LogP contribution < -0.4 is 5.73 Å². The fourth-order valence-electron chi connectivity index (χ4n) is 2.66. The Bertz CT molecular complexity index is 548. The summed E-state index contributed by atoms with van der Waals surface area (Å²) in [6.07, 6.45) is 9.14. The molecular weight excluding hydrogens is 254 g/mol. The first-order valence-corrected chi connectivity index (χ1v) is 7.10. The SMILES string of the molecule is Nc1noc(CCC2CCCCO2)c1-c1cccnc1. The van der Waals surface area contributed by atoms with E-state index in [0.29, 0.717) is 11.9 Å². The van der Waals surface area contributed by atoms with Crippen LogP contribution in [0.5, 0.6) is 0 Å². The van der Waals surface area contributed by atoms with Gasteiger partial charge in [0.15, 0.2) is 5.82 Å². The van der Waals surface area contributed by atoms with Crippen LogP contribution in [0.2, 0.25) is 0 Å². The molecule has 20 heavy (non-hydrogen) atoms. The second-order valence-corrected chi connectivity index (χ2v) is 5.13. The quantitative estimate of drug-likeness (QED) is 0.927. The van der Waals surface area contributed by atoms with E-state index in [1.54, 1.807) is 12.4 Å². The summed E-state index contributed by atoms with van der Waals surface area (Å²) in [7, 11) is 0. The van der Waals surface area contributed by atoms with E-state index in [2.05, 4.69) is 10.1 Å². The van der Waals surface area contributed by atoms with E-state index in [1.165, 1.54) is 12.8 Å². The van der Waals surface area contributed by atoms with E-state index < -0.39 is 0 Å². The molecule has 5 heteroatoms. The lowest BCUT2D eigenvalue weighted by Crippen LogP contribution is -2.19. The zero-order valence-electron chi connectivity index (χ0n) is 11.4. The monoisotopic (exact) mass is 273 g/mol. The molecule has 106 valence electrons. The van der Waals surface area contributed by atoms with E-state index in [-0.39, 0.29) is 0 Å². The number of nitrogen functional groups attached to an aromatic ring is 1. The smallest absolute Gasteiger partial charge is 0.175 e. The lowest BCUT2D eigenvalue weighted by Gasteiger charge is -2.22. The van der Waals surface area contributed by atoms with Gasteiger partial charge in [0.2, 0.25) is 0 Å². The fraction of sp³-hybridized carbons (Fsp3) is 0.467. The van der Waals surface area contributed by atoms with Crippen LogP contribution in [-0.4, -0.2) is 22.9 Å². The largest absolute Gasteiger partial charge is 0.380 e. The topological polar surface area (TPSA) is 74.2 Å². The molecule has 3 heterocycles. The molecule has 0 amide bonds. The molecule has 3 rings (SSSR count). The van der Waals surface area contributed by atoms with E-state index >= 15 is 0 Å². The van der Waals surface area contributed by atoms with Crippen LogP contribution in [0.25, 0.3) is 11.1 Å². The molecule has 1 fully saturated rings. The van der Waals surface area contributed by atoms with Crippen molar-refractivity contribution in [1.29, 1.82) is 0 Å². The number of nitrogens with zero attached hydrogens (tertiary/aromatic N) is 2. The first kappa shape index (κ1) is 13.1. The maximum absolute atomic E-state index is 5.92. The van der Waals surface area contributed by atoms with Crippen molar-refractivity contribution in [1.82, 2.24) is 10.1 Å². The third kappa shape index (κ3) is 2.82. The summed E-state index contributed by atoms with van der Waals surface area (Å²) in [5.41, 5.74) is 7.74. The van der Waals surface area contributed by atoms with Crippen LogP contribution in [0.1, 0.15) is 31.4 Å². The standard InChI is InChI=1S/C15H19N3O2/c16-15-14(11-4-3-8-17-10-11)13(20-18-15)7-6-12-5-1-2-9-19-12/h3-4,8,10,12H,1-2,5-7,9H2,(H2,16,18). The van der Waals surface area contributed by atoms with E-state index in [1.807, 2.05) is 12.1 Å². The van der Waals surface area contributed by atoms with Crippen molar-refractivity contribution in [2.45, 2.75) is 38.2 Å². The molecule has 0 saturated carbocycles. The lowest BCUT2D eigenvalue weighted by atomic mass is 10.0. The highest BCUT2D eigenvalue weighted by Crippen LogP contribution is 2.30. The molecule has 1 atom stereocenters. The summed E-state index contributed by atoms with van der Waals surface area (Å²) in [5, 5.41) is 3.89. The Balaban J connectivity index is 1.74. The molecule has 1 aliphatic rings. The van der Waals surface area contributed by atoms with Gasteiger partial charge in [-0.1, -0.05) is 11.2 Å². The van der Waals surface area contributed by atoms with Crippen LogP contribution >= 0.6 is 0 Å². The summed E-state index contributed by atoms with van der Waals surface area (Å²) in [6, 6.07) is 3.85. The summed E-state index contributed by atoms with van der Waals surface area (Å²) in [5.74, 6) is 1.25. The molecule has 0 bridgehead atoms. The number of pyridine rings is 1. The minimum Gasteiger partial charge on any atom is -0.380 e. The first-order valence-electron chi connectivity index (χ1n) is 7.10. The molecule has 0 spiro atoms. The van der Waals surface area contributed by atoms with Crippen molar-refractivity contribution in [2.24, 2.45) is 0 Å². The maximum atomic E-state index is 5.92. The molecule has 0 radical (unpaired) electrons. The van der Waals surface area contributed by atoms with Crippen LogP contribution in [0.4, 0.5) is 5.82 Å². The molecule has 1 aliphatic heterocycles. The molecule has 2 aromatic rings. The van der Waals surface area contributed by atoms with Crippen molar-refractivity contribution in [3.05, 3.63) is 30.3 Å². The predicted molar refractivity (Wildman–Crippen MR) is 76.1 cm³/mol. The van der Waals surface area contributed by atoms with Crippen molar-refractivity contribution >= 4 is 5.82 Å². The molecule has 2 N–H and O–H groups in total. The van der Waals surface area contributed by atoms with Gasteiger partial charge in [-0.15, -0.1) is 0 Å². The summed E-state index contributed by atoms with van der Waals surface area (Å²) in [6.45, 7) is 0.874. The van der Waals surface area contributed by atoms with Crippen molar-refractivity contribution < 1.29 is 9.26 Å². The van der Waals surface area contributed by atoms with E-state index in [9.17, 15) is 0 Å². The number of ether oxygens (including phenoxy) is 1. The second-order valence-electron chi connectivity index (χ2n) is 5.13. The highest BCUT2D eigenvalue weighted by Gasteiger charge is 2.19. The van der Waals surface area contributed by atoms with Gasteiger partial charge in [0.1, 0.15) is 5.76 Å². The number of rotatable bonds is 4. The minimum atomic E-state index is 0.330. The van der Waals surface area contributed by atoms with Gasteiger partial charge in [-0.3, -0.25) is 4.98 Å². The Morgan fingerprint density at radius 1 is 1.35 bits per heavy atom. The first-order chi connectivity index (χ1) is 9.84. The van der Waals surface area contributed by atoms with Crippen LogP contribution in [0.15, 0.2) is 29.0 Å². The van der Waals surface area contributed by atoms with Crippen molar-refractivity contribution in [3.8, 4) is 11.1 Å². The summed E-state index contributed by atoms with van der Waals surface area (Å²) >= 11 is 0. The Morgan fingerprint density at radius 2 is 2.30 bits per heavy atom. The zero-order valence-corrected chi connectivity index (χ0v) is 11.4. The van der Waals surface area contributed by atoms with E-state index in [0.717, 1.165) is 42.8 Å². The van der Waals surface area contributed by atoms with Crippen molar-refractivity contribution in [2.75, 3.05) is 12.3 Å². The highest BCUT2D eigenvalue weighted by atomic mass is 16.5. The van der Waals surface area contributed by atoms with E-state index in [4.69, 9.17) is 15.0 Å². The van der Waals surface area contributed by atoms with Crippen LogP contribution in [0, 0.1) is 0 Å². The van der Waals surface area contributed by atoms with Gasteiger partial charge in [0.25, 0.3) is 0 Å². The Morgan fingerprint density at radius 3 is 3.05 bits per heavy atom. The number of anilines is 1. The zero-order chi connectivity index (χ0) is 13.8. The number of nitrogens with two attached hydrogens (primary N) is 1. The van der Waals surface area contributed by atoms with Gasteiger partial charge >= 0.3 is 0 Å². The minimum absolute atomic E-state index is 0.330. The summed E-state index contributed by atoms with van der Waals surface area (Å²) in [4.78, 5) is 4.12. The van der Waals surface area contributed by atoms with Gasteiger partial charge in [0, 0.05) is 31.0 Å². The molecule has 1 saturated heterocycles. The molecule has 0 aliphatic carbocycles. The number of aryl methyl sites for hydroxylation is 1. The van der Waals surface area contributed by atoms with Crippen LogP contribution in [0.3, 0.4) is 0 Å². The molecular formula is C15H19N3O2. The highest BCUT2D eigenvalue weighted by molar-refractivity contribution is 5.74. The Hall–Kier alpha value is -1.88.